The monoisotopic (exact) mass is 403 g/mol. The summed E-state index contributed by atoms with van der Waals surface area (Å²) >= 11 is 6.14. The number of nitrogens with one attached hydrogen (secondary N) is 2. The van der Waals surface area contributed by atoms with E-state index in [0.29, 0.717) is 11.3 Å². The van der Waals surface area contributed by atoms with Crippen molar-refractivity contribution in [3.63, 3.8) is 0 Å². The smallest absolute Gasteiger partial charge is 0.341 e. The third-order valence-electron chi connectivity index (χ3n) is 3.90. The number of amides is 2. The van der Waals surface area contributed by atoms with Gasteiger partial charge in [-0.2, -0.15) is 0 Å². The van der Waals surface area contributed by atoms with E-state index in [-0.39, 0.29) is 33.6 Å². The van der Waals surface area contributed by atoms with E-state index in [2.05, 4.69) is 15.6 Å². The number of hydrogen-bond acceptors (Lipinski definition) is 5. The van der Waals surface area contributed by atoms with Gasteiger partial charge in [0, 0.05) is 11.7 Å². The number of methoxy groups -OCH3 is 1. The second-order valence-electron chi connectivity index (χ2n) is 6.54. The summed E-state index contributed by atoms with van der Waals surface area (Å²) < 4.78 is 4.77. The Kier molecular flexibility index (Phi) is 6.75. The van der Waals surface area contributed by atoms with Crippen LogP contribution >= 0.6 is 11.6 Å². The highest BCUT2D eigenvalue weighted by Crippen LogP contribution is 2.29. The van der Waals surface area contributed by atoms with E-state index in [1.54, 1.807) is 32.0 Å². The van der Waals surface area contributed by atoms with Crippen molar-refractivity contribution in [2.24, 2.45) is 0 Å². The van der Waals surface area contributed by atoms with Crippen LogP contribution in [0.4, 0.5) is 5.69 Å². The Balaban J connectivity index is 2.49. The van der Waals surface area contributed by atoms with E-state index in [1.807, 2.05) is 13.8 Å². The van der Waals surface area contributed by atoms with Gasteiger partial charge in [-0.15, -0.1) is 0 Å². The molecule has 0 aliphatic heterocycles. The maximum absolute atomic E-state index is 12.9. The number of anilines is 1. The number of ether oxygens (including phenoxy) is 1. The molecule has 0 saturated heterocycles. The van der Waals surface area contributed by atoms with Crippen molar-refractivity contribution in [2.75, 3.05) is 12.4 Å². The molecule has 0 radical (unpaired) electrons. The summed E-state index contributed by atoms with van der Waals surface area (Å²) in [5.74, 6) is -1.72. The first-order valence-electron chi connectivity index (χ1n) is 8.63. The Morgan fingerprint density at radius 3 is 2.36 bits per heavy atom. The molecule has 7 nitrogen and oxygen atoms in total. The number of hydrogen-bond donors (Lipinski definition) is 2. The Morgan fingerprint density at radius 1 is 1.07 bits per heavy atom. The largest absolute Gasteiger partial charge is 0.465 e. The molecule has 0 bridgehead atoms. The molecule has 0 spiro atoms. The van der Waals surface area contributed by atoms with E-state index in [0.717, 1.165) is 0 Å². The molecule has 2 rings (SSSR count). The highest BCUT2D eigenvalue weighted by molar-refractivity contribution is 6.34. The topological polar surface area (TPSA) is 97.4 Å². The van der Waals surface area contributed by atoms with Crippen LogP contribution in [-0.2, 0) is 4.74 Å². The second kappa shape index (κ2) is 8.84. The maximum Gasteiger partial charge on any atom is 0.341 e. The van der Waals surface area contributed by atoms with Gasteiger partial charge in [-0.25, -0.2) is 9.78 Å². The molecule has 1 heterocycles. The van der Waals surface area contributed by atoms with E-state index in [4.69, 9.17) is 16.3 Å². The summed E-state index contributed by atoms with van der Waals surface area (Å²) in [6.07, 6.45) is 0. The standard InChI is InChI=1S/C20H22ClN3O4/c1-10(2)22-19(26)17-13(8-7-12(4)23-17)18(25)24-16-11(3)6-9-14(21)15(16)20(27)28-5/h6-10H,1-5H3,(H,22,26)(H,24,25). The Hall–Kier alpha value is -2.93. The zero-order valence-corrected chi connectivity index (χ0v) is 17.1. The fourth-order valence-electron chi connectivity index (χ4n) is 2.57. The Bertz CT molecular complexity index is 941. The highest BCUT2D eigenvalue weighted by Gasteiger charge is 2.24. The third kappa shape index (κ3) is 4.67. The molecule has 2 aromatic rings. The van der Waals surface area contributed by atoms with Crippen LogP contribution < -0.4 is 10.6 Å². The minimum atomic E-state index is -0.677. The summed E-state index contributed by atoms with van der Waals surface area (Å²) in [5, 5.41) is 5.55. The predicted molar refractivity (Wildman–Crippen MR) is 107 cm³/mol. The van der Waals surface area contributed by atoms with E-state index >= 15 is 0 Å². The van der Waals surface area contributed by atoms with Crippen LogP contribution in [0.5, 0.6) is 0 Å². The van der Waals surface area contributed by atoms with Crippen LogP contribution in [0.25, 0.3) is 0 Å². The quantitative estimate of drug-likeness (QED) is 0.744. The molecular weight excluding hydrogens is 382 g/mol. The van der Waals surface area contributed by atoms with Crippen molar-refractivity contribution in [3.8, 4) is 0 Å². The zero-order valence-electron chi connectivity index (χ0n) is 16.3. The summed E-state index contributed by atoms with van der Waals surface area (Å²) in [7, 11) is 1.23. The van der Waals surface area contributed by atoms with Crippen LogP contribution in [0.1, 0.15) is 56.3 Å². The van der Waals surface area contributed by atoms with Crippen molar-refractivity contribution in [1.82, 2.24) is 10.3 Å². The highest BCUT2D eigenvalue weighted by atomic mass is 35.5. The number of rotatable bonds is 5. The van der Waals surface area contributed by atoms with Crippen molar-refractivity contribution >= 4 is 35.1 Å². The molecule has 0 atom stereocenters. The summed E-state index contributed by atoms with van der Waals surface area (Å²) in [4.78, 5) is 41.8. The predicted octanol–water partition coefficient (Wildman–Crippen LogP) is 3.53. The molecule has 0 saturated carbocycles. The molecule has 28 heavy (non-hydrogen) atoms. The lowest BCUT2D eigenvalue weighted by atomic mass is 10.1. The van der Waals surface area contributed by atoms with Crippen LogP contribution in [0.15, 0.2) is 24.3 Å². The number of nitrogens with zero attached hydrogens (tertiary/aromatic N) is 1. The number of carbonyl (C=O) groups is 3. The minimum absolute atomic E-state index is 0.00509. The number of aromatic nitrogens is 1. The van der Waals surface area contributed by atoms with Gasteiger partial charge in [0.25, 0.3) is 11.8 Å². The van der Waals surface area contributed by atoms with Gasteiger partial charge < -0.3 is 15.4 Å². The van der Waals surface area contributed by atoms with Gasteiger partial charge in [0.1, 0.15) is 11.3 Å². The Morgan fingerprint density at radius 2 is 1.75 bits per heavy atom. The normalized spacial score (nSPS) is 10.5. The molecule has 1 aromatic carbocycles. The second-order valence-corrected chi connectivity index (χ2v) is 6.94. The Labute approximate surface area is 168 Å². The summed E-state index contributed by atoms with van der Waals surface area (Å²) in [6, 6.07) is 6.25. The molecule has 0 aliphatic carbocycles. The van der Waals surface area contributed by atoms with Gasteiger partial charge >= 0.3 is 5.97 Å². The number of halogens is 1. The third-order valence-corrected chi connectivity index (χ3v) is 4.22. The molecular formula is C20H22ClN3O4. The summed E-state index contributed by atoms with van der Waals surface area (Å²) in [6.45, 7) is 7.07. The minimum Gasteiger partial charge on any atom is -0.465 e. The maximum atomic E-state index is 12.9. The number of pyridine rings is 1. The van der Waals surface area contributed by atoms with Crippen LogP contribution in [0.3, 0.4) is 0 Å². The zero-order chi connectivity index (χ0) is 21.0. The van der Waals surface area contributed by atoms with Crippen LogP contribution in [0, 0.1) is 13.8 Å². The molecule has 0 unspecified atom stereocenters. The van der Waals surface area contributed by atoms with Crippen molar-refractivity contribution < 1.29 is 19.1 Å². The number of carbonyl (C=O) groups excluding carboxylic acids is 3. The SMILES string of the molecule is COC(=O)c1c(Cl)ccc(C)c1NC(=O)c1ccc(C)nc1C(=O)NC(C)C. The average molecular weight is 404 g/mol. The van der Waals surface area contributed by atoms with Crippen molar-refractivity contribution in [1.29, 1.82) is 0 Å². The van der Waals surface area contributed by atoms with Crippen LogP contribution in [0.2, 0.25) is 5.02 Å². The molecule has 8 heteroatoms. The van der Waals surface area contributed by atoms with Gasteiger partial charge in [-0.05, 0) is 51.5 Å². The van der Waals surface area contributed by atoms with Crippen molar-refractivity contribution in [2.45, 2.75) is 33.7 Å². The molecule has 2 amide bonds. The molecule has 0 aliphatic rings. The van der Waals surface area contributed by atoms with Gasteiger partial charge in [-0.1, -0.05) is 17.7 Å². The lowest BCUT2D eigenvalue weighted by Gasteiger charge is -2.16. The van der Waals surface area contributed by atoms with Gasteiger partial charge in [0.05, 0.1) is 23.4 Å². The first-order chi connectivity index (χ1) is 13.1. The van der Waals surface area contributed by atoms with Gasteiger partial charge in [-0.3, -0.25) is 9.59 Å². The van der Waals surface area contributed by atoms with Crippen LogP contribution in [-0.4, -0.2) is 35.9 Å². The van der Waals surface area contributed by atoms with E-state index in [9.17, 15) is 14.4 Å². The number of aryl methyl sites for hydroxylation is 2. The van der Waals surface area contributed by atoms with Crippen molar-refractivity contribution in [3.05, 3.63) is 57.4 Å². The van der Waals surface area contributed by atoms with Gasteiger partial charge in [0.2, 0.25) is 0 Å². The molecule has 1 aromatic heterocycles. The molecule has 148 valence electrons. The van der Waals surface area contributed by atoms with E-state index in [1.165, 1.54) is 13.2 Å². The fraction of sp³-hybridized carbons (Fsp3) is 0.300. The average Bonchev–Trinajstić information content (AvgIpc) is 2.63. The first-order valence-corrected chi connectivity index (χ1v) is 9.00. The molecule has 2 N–H and O–H groups in total. The van der Waals surface area contributed by atoms with E-state index < -0.39 is 17.8 Å². The lowest BCUT2D eigenvalue weighted by Crippen LogP contribution is -2.33. The number of benzene rings is 1. The molecule has 0 fully saturated rings. The first kappa shape index (κ1) is 21.4. The van der Waals surface area contributed by atoms with Gasteiger partial charge in [0.15, 0.2) is 0 Å². The number of esters is 1. The lowest BCUT2D eigenvalue weighted by molar-refractivity contribution is 0.0602. The fourth-order valence-corrected chi connectivity index (χ4v) is 2.80. The summed E-state index contributed by atoms with van der Waals surface area (Å²) in [5.41, 5.74) is 1.57.